The van der Waals surface area contributed by atoms with Gasteiger partial charge in [0.15, 0.2) is 0 Å². The van der Waals surface area contributed by atoms with Crippen LogP contribution in [0.2, 0.25) is 0 Å². The molecule has 0 atom stereocenters. The first-order chi connectivity index (χ1) is 13.2. The van der Waals surface area contributed by atoms with E-state index < -0.39 is 0 Å². The van der Waals surface area contributed by atoms with Crippen molar-refractivity contribution in [2.24, 2.45) is 5.92 Å². The van der Waals surface area contributed by atoms with Crippen molar-refractivity contribution in [2.45, 2.75) is 26.3 Å². The predicted molar refractivity (Wildman–Crippen MR) is 111 cm³/mol. The molecule has 1 saturated carbocycles. The molecular formula is C24H24N2O. The van der Waals surface area contributed by atoms with Gasteiger partial charge in [0, 0.05) is 18.4 Å². The lowest BCUT2D eigenvalue weighted by Gasteiger charge is -2.10. The molecule has 2 aromatic carbocycles. The highest BCUT2D eigenvalue weighted by Crippen LogP contribution is 2.30. The van der Waals surface area contributed by atoms with Crippen LogP contribution in [0, 0.1) is 12.8 Å². The second-order valence-corrected chi connectivity index (χ2v) is 7.15. The average molecular weight is 356 g/mol. The second kappa shape index (κ2) is 7.67. The molecule has 0 saturated heterocycles. The quantitative estimate of drug-likeness (QED) is 0.635. The van der Waals surface area contributed by atoms with Gasteiger partial charge in [-0.1, -0.05) is 54.6 Å². The fourth-order valence-electron chi connectivity index (χ4n) is 3.24. The van der Waals surface area contributed by atoms with Gasteiger partial charge in [-0.25, -0.2) is 4.79 Å². The molecule has 3 aromatic rings. The highest BCUT2D eigenvalue weighted by Gasteiger charge is 2.22. The minimum Gasteiger partial charge on any atom is -0.298 e. The normalized spacial score (nSPS) is 13.2. The van der Waals surface area contributed by atoms with Gasteiger partial charge in [-0.15, -0.1) is 0 Å². The van der Waals surface area contributed by atoms with Crippen molar-refractivity contribution in [3.8, 4) is 16.8 Å². The summed E-state index contributed by atoms with van der Waals surface area (Å²) >= 11 is 0. The Morgan fingerprint density at radius 3 is 2.11 bits per heavy atom. The molecule has 136 valence electrons. The molecular weight excluding hydrogens is 332 g/mol. The maximum Gasteiger partial charge on any atom is 0.332 e. The topological polar surface area (TPSA) is 26.9 Å². The smallest absolute Gasteiger partial charge is 0.298 e. The van der Waals surface area contributed by atoms with Crippen molar-refractivity contribution in [1.29, 1.82) is 0 Å². The average Bonchev–Trinajstić information content (AvgIpc) is 3.53. The highest BCUT2D eigenvalue weighted by molar-refractivity contribution is 5.62. The zero-order chi connectivity index (χ0) is 18.6. The maximum absolute atomic E-state index is 13.4. The fourth-order valence-corrected chi connectivity index (χ4v) is 3.24. The van der Waals surface area contributed by atoms with Gasteiger partial charge in [0.25, 0.3) is 0 Å². The van der Waals surface area contributed by atoms with Crippen molar-refractivity contribution < 1.29 is 0 Å². The van der Waals surface area contributed by atoms with E-state index in [9.17, 15) is 4.79 Å². The van der Waals surface area contributed by atoms with E-state index in [0.29, 0.717) is 5.92 Å². The molecule has 0 bridgehead atoms. The summed E-state index contributed by atoms with van der Waals surface area (Å²) < 4.78 is 3.67. The van der Waals surface area contributed by atoms with Gasteiger partial charge < -0.3 is 0 Å². The molecule has 1 heterocycles. The Hall–Kier alpha value is -3.07. The number of hydrogen-bond acceptors (Lipinski definition) is 1. The molecule has 0 radical (unpaired) electrons. The van der Waals surface area contributed by atoms with Gasteiger partial charge in [0.1, 0.15) is 0 Å². The number of benzene rings is 2. The lowest BCUT2D eigenvalue weighted by atomic mass is 10.1. The van der Waals surface area contributed by atoms with Crippen LogP contribution in [-0.2, 0) is 6.54 Å². The summed E-state index contributed by atoms with van der Waals surface area (Å²) in [6, 6.07) is 26.3. The van der Waals surface area contributed by atoms with E-state index in [1.165, 1.54) is 12.8 Å². The van der Waals surface area contributed by atoms with Gasteiger partial charge in [0.2, 0.25) is 0 Å². The van der Waals surface area contributed by atoms with Gasteiger partial charge in [0.05, 0.1) is 5.69 Å². The third kappa shape index (κ3) is 4.03. The molecule has 1 aliphatic rings. The van der Waals surface area contributed by atoms with E-state index in [-0.39, 0.29) is 5.69 Å². The molecule has 27 heavy (non-hydrogen) atoms. The summed E-state index contributed by atoms with van der Waals surface area (Å²) in [6.45, 7) is 2.81. The summed E-state index contributed by atoms with van der Waals surface area (Å²) in [7, 11) is 0. The number of aromatic nitrogens is 2. The zero-order valence-electron chi connectivity index (χ0n) is 15.6. The summed E-state index contributed by atoms with van der Waals surface area (Å²) in [6.07, 6.45) is 4.31. The van der Waals surface area contributed by atoms with Crippen molar-refractivity contribution in [3.05, 3.63) is 101 Å². The van der Waals surface area contributed by atoms with Crippen LogP contribution in [0.4, 0.5) is 0 Å². The van der Waals surface area contributed by atoms with Crippen molar-refractivity contribution in [2.75, 3.05) is 0 Å². The number of rotatable bonds is 4. The van der Waals surface area contributed by atoms with E-state index in [2.05, 4.69) is 24.3 Å². The fraction of sp³-hybridized carbons (Fsp3) is 0.208. The molecule has 0 N–H and O–H groups in total. The van der Waals surface area contributed by atoms with E-state index in [1.54, 1.807) is 4.57 Å². The van der Waals surface area contributed by atoms with Gasteiger partial charge in [-0.2, -0.15) is 0 Å². The molecule has 0 unspecified atom stereocenters. The van der Waals surface area contributed by atoms with Crippen LogP contribution in [-0.4, -0.2) is 9.13 Å². The highest BCUT2D eigenvalue weighted by atomic mass is 16.1. The zero-order valence-corrected chi connectivity index (χ0v) is 15.6. The molecule has 4 rings (SSSR count). The van der Waals surface area contributed by atoms with Crippen molar-refractivity contribution >= 4 is 0 Å². The Morgan fingerprint density at radius 2 is 1.44 bits per heavy atom. The Morgan fingerprint density at radius 1 is 0.815 bits per heavy atom. The van der Waals surface area contributed by atoms with Crippen LogP contribution in [0.1, 0.15) is 18.5 Å². The van der Waals surface area contributed by atoms with Crippen LogP contribution >= 0.6 is 0 Å². The third-order valence-corrected chi connectivity index (χ3v) is 5.05. The summed E-state index contributed by atoms with van der Waals surface area (Å²) in [5, 5.41) is 0. The third-order valence-electron chi connectivity index (χ3n) is 5.05. The van der Waals surface area contributed by atoms with E-state index >= 15 is 0 Å². The van der Waals surface area contributed by atoms with E-state index in [0.717, 1.165) is 29.1 Å². The van der Waals surface area contributed by atoms with E-state index in [1.807, 2.05) is 72.3 Å². The first kappa shape index (κ1) is 17.3. The van der Waals surface area contributed by atoms with Gasteiger partial charge in [-0.3, -0.25) is 9.13 Å². The van der Waals surface area contributed by atoms with Gasteiger partial charge >= 0.3 is 5.69 Å². The molecule has 3 nitrogen and oxygen atoms in total. The Balaban J connectivity index is 1.98. The Kier molecular flexibility index (Phi) is 4.93. The molecule has 0 aliphatic heterocycles. The minimum absolute atomic E-state index is 0.000752. The van der Waals surface area contributed by atoms with Gasteiger partial charge in [-0.05, 0) is 61.1 Å². The van der Waals surface area contributed by atoms with Crippen molar-refractivity contribution in [3.63, 3.8) is 0 Å². The Labute approximate surface area is 159 Å². The molecule has 1 aliphatic carbocycles. The Bertz CT molecular complexity index is 1030. The molecule has 1 fully saturated rings. The molecule has 3 heteroatoms. The SMILES string of the molecule is Cc1ccc(-c2ccccc2)ccn(-c2ccccc2)c(=O)n1CC1CC1. The van der Waals surface area contributed by atoms with Crippen molar-refractivity contribution in [1.82, 2.24) is 9.13 Å². The minimum atomic E-state index is 0.000752. The van der Waals surface area contributed by atoms with Crippen LogP contribution in [0.25, 0.3) is 16.8 Å². The molecule has 0 amide bonds. The summed E-state index contributed by atoms with van der Waals surface area (Å²) in [5.74, 6) is 0.622. The summed E-state index contributed by atoms with van der Waals surface area (Å²) in [5.41, 5.74) is 4.07. The first-order valence-electron chi connectivity index (χ1n) is 9.50. The van der Waals surface area contributed by atoms with Crippen LogP contribution in [0.5, 0.6) is 0 Å². The standard InChI is InChI=1S/C24H24N2O/c1-19-12-15-22(21-8-4-2-5-9-21)16-17-25(23-10-6-3-7-11-23)24(27)26(19)18-20-13-14-20/h2-12,15-17,20H,13-14,18H2,1H3. The lowest BCUT2D eigenvalue weighted by molar-refractivity contribution is 0.571. The number of hydrogen-bond donors (Lipinski definition) is 0. The van der Waals surface area contributed by atoms with Crippen LogP contribution in [0.3, 0.4) is 0 Å². The lowest BCUT2D eigenvalue weighted by Crippen LogP contribution is -2.29. The van der Waals surface area contributed by atoms with E-state index in [4.69, 9.17) is 0 Å². The monoisotopic (exact) mass is 356 g/mol. The largest absolute Gasteiger partial charge is 0.332 e. The number of para-hydroxylation sites is 1. The first-order valence-corrected chi connectivity index (χ1v) is 9.50. The predicted octanol–water partition coefficient (Wildman–Crippen LogP) is 5.15. The molecule has 1 aromatic heterocycles. The van der Waals surface area contributed by atoms with Crippen LogP contribution < -0.4 is 5.69 Å². The van der Waals surface area contributed by atoms with Crippen LogP contribution in [0.15, 0.2) is 89.9 Å². The molecule has 0 spiro atoms. The summed E-state index contributed by atoms with van der Waals surface area (Å²) in [4.78, 5) is 13.4. The number of aryl methyl sites for hydroxylation is 1. The number of nitrogens with zero attached hydrogens (tertiary/aromatic N) is 2. The second-order valence-electron chi connectivity index (χ2n) is 7.15. The maximum atomic E-state index is 13.4.